The van der Waals surface area contributed by atoms with Gasteiger partial charge in [0, 0.05) is 5.56 Å². The van der Waals surface area contributed by atoms with Gasteiger partial charge in [-0.05, 0) is 48.6 Å². The Hall–Kier alpha value is -2.00. The highest BCUT2D eigenvalue weighted by molar-refractivity contribution is 5.48. The average molecular weight is 284 g/mol. The van der Waals surface area contributed by atoms with Crippen molar-refractivity contribution in [3.8, 4) is 11.5 Å². The molecule has 3 heteroatoms. The number of fused-ring (bicyclic) bond motifs is 1. The van der Waals surface area contributed by atoms with E-state index in [4.69, 9.17) is 9.47 Å². The minimum atomic E-state index is -0.678. The van der Waals surface area contributed by atoms with Crippen LogP contribution in [-0.4, -0.2) is 18.8 Å². The number of hydrogen-bond acceptors (Lipinski definition) is 3. The van der Waals surface area contributed by atoms with Crippen LogP contribution in [-0.2, 0) is 6.42 Å². The molecule has 1 heterocycles. The Balaban J connectivity index is 1.99. The molecule has 0 aromatic heterocycles. The van der Waals surface area contributed by atoms with Gasteiger partial charge in [-0.25, -0.2) is 0 Å². The Morgan fingerprint density at radius 1 is 1.24 bits per heavy atom. The lowest BCUT2D eigenvalue weighted by atomic mass is 9.95. The van der Waals surface area contributed by atoms with E-state index in [1.807, 2.05) is 37.3 Å². The fourth-order valence-electron chi connectivity index (χ4n) is 2.88. The monoisotopic (exact) mass is 284 g/mol. The summed E-state index contributed by atoms with van der Waals surface area (Å²) in [6, 6.07) is 11.8. The lowest BCUT2D eigenvalue weighted by molar-refractivity contribution is 0.206. The number of benzene rings is 2. The van der Waals surface area contributed by atoms with Gasteiger partial charge in [0.1, 0.15) is 17.6 Å². The van der Waals surface area contributed by atoms with Gasteiger partial charge in [-0.3, -0.25) is 0 Å². The molecule has 2 aromatic rings. The van der Waals surface area contributed by atoms with Crippen molar-refractivity contribution < 1.29 is 14.6 Å². The Kier molecular flexibility index (Phi) is 3.84. The zero-order valence-electron chi connectivity index (χ0n) is 12.4. The summed E-state index contributed by atoms with van der Waals surface area (Å²) in [7, 11) is 1.65. The number of hydrogen-bond donors (Lipinski definition) is 1. The van der Waals surface area contributed by atoms with E-state index in [1.54, 1.807) is 7.11 Å². The standard InChI is InChI=1S/C18H20O3/c1-12-11-14(8-9-16(12)20-2)17(19)15-7-3-5-13-6-4-10-21-18(13)15/h3,5,7-9,11,17,19H,4,6,10H2,1-2H3. The Morgan fingerprint density at radius 3 is 2.86 bits per heavy atom. The van der Waals surface area contributed by atoms with Gasteiger partial charge in [-0.2, -0.15) is 0 Å². The van der Waals surface area contributed by atoms with Gasteiger partial charge in [-0.15, -0.1) is 0 Å². The molecule has 1 N–H and O–H groups in total. The summed E-state index contributed by atoms with van der Waals surface area (Å²) in [5, 5.41) is 10.7. The Morgan fingerprint density at radius 2 is 2.10 bits per heavy atom. The van der Waals surface area contributed by atoms with Gasteiger partial charge in [0.15, 0.2) is 0 Å². The summed E-state index contributed by atoms with van der Waals surface area (Å²) in [6.07, 6.45) is 1.37. The van der Waals surface area contributed by atoms with Gasteiger partial charge in [0.25, 0.3) is 0 Å². The highest BCUT2D eigenvalue weighted by Gasteiger charge is 2.21. The number of ether oxygens (including phenoxy) is 2. The number of aliphatic hydroxyl groups excluding tert-OH is 1. The van der Waals surface area contributed by atoms with Gasteiger partial charge >= 0.3 is 0 Å². The van der Waals surface area contributed by atoms with Gasteiger partial charge < -0.3 is 14.6 Å². The molecule has 1 aliphatic rings. The van der Waals surface area contributed by atoms with E-state index in [2.05, 4.69) is 6.07 Å². The molecule has 0 radical (unpaired) electrons. The zero-order chi connectivity index (χ0) is 14.8. The lowest BCUT2D eigenvalue weighted by Gasteiger charge is -2.23. The van der Waals surface area contributed by atoms with Crippen molar-refractivity contribution in [2.24, 2.45) is 0 Å². The minimum absolute atomic E-state index is 0.678. The van der Waals surface area contributed by atoms with Crippen LogP contribution in [0.4, 0.5) is 0 Å². The summed E-state index contributed by atoms with van der Waals surface area (Å²) < 4.78 is 11.1. The van der Waals surface area contributed by atoms with E-state index in [0.717, 1.165) is 47.6 Å². The lowest BCUT2D eigenvalue weighted by Crippen LogP contribution is -2.12. The maximum Gasteiger partial charge on any atom is 0.128 e. The first-order chi connectivity index (χ1) is 10.2. The highest BCUT2D eigenvalue weighted by atomic mass is 16.5. The number of aliphatic hydroxyl groups is 1. The molecule has 1 aliphatic heterocycles. The number of methoxy groups -OCH3 is 1. The first kappa shape index (κ1) is 14.0. The molecule has 0 amide bonds. The van der Waals surface area contributed by atoms with Crippen molar-refractivity contribution >= 4 is 0 Å². The third-order valence-corrected chi connectivity index (χ3v) is 3.99. The predicted octanol–water partition coefficient (Wildman–Crippen LogP) is 3.41. The van der Waals surface area contributed by atoms with Gasteiger partial charge in [0.05, 0.1) is 13.7 Å². The van der Waals surface area contributed by atoms with E-state index in [-0.39, 0.29) is 0 Å². The highest BCUT2D eigenvalue weighted by Crippen LogP contribution is 2.36. The van der Waals surface area contributed by atoms with Crippen LogP contribution in [0.3, 0.4) is 0 Å². The van der Waals surface area contributed by atoms with E-state index < -0.39 is 6.10 Å². The average Bonchev–Trinajstić information content (AvgIpc) is 2.53. The molecular weight excluding hydrogens is 264 g/mol. The van der Waals surface area contributed by atoms with Crippen LogP contribution in [0.5, 0.6) is 11.5 Å². The summed E-state index contributed by atoms with van der Waals surface area (Å²) in [6.45, 7) is 2.70. The Labute approximate surface area is 125 Å². The zero-order valence-corrected chi connectivity index (χ0v) is 12.4. The second-order valence-electron chi connectivity index (χ2n) is 5.42. The smallest absolute Gasteiger partial charge is 0.128 e. The summed E-state index contributed by atoms with van der Waals surface area (Å²) in [5.41, 5.74) is 3.90. The molecule has 21 heavy (non-hydrogen) atoms. The van der Waals surface area contributed by atoms with Crippen molar-refractivity contribution in [2.75, 3.05) is 13.7 Å². The molecule has 0 spiro atoms. The number of aryl methyl sites for hydroxylation is 2. The van der Waals surface area contributed by atoms with Crippen LogP contribution >= 0.6 is 0 Å². The van der Waals surface area contributed by atoms with Crippen LogP contribution in [0.15, 0.2) is 36.4 Å². The minimum Gasteiger partial charge on any atom is -0.496 e. The predicted molar refractivity (Wildman–Crippen MR) is 82.1 cm³/mol. The normalized spacial score (nSPS) is 15.0. The maximum atomic E-state index is 10.7. The maximum absolute atomic E-state index is 10.7. The Bertz CT molecular complexity index is 649. The van der Waals surface area contributed by atoms with Crippen molar-refractivity contribution in [1.29, 1.82) is 0 Å². The van der Waals surface area contributed by atoms with Crippen molar-refractivity contribution in [3.63, 3.8) is 0 Å². The second kappa shape index (κ2) is 5.78. The molecule has 110 valence electrons. The largest absolute Gasteiger partial charge is 0.496 e. The van der Waals surface area contributed by atoms with Crippen LogP contribution in [0.25, 0.3) is 0 Å². The molecule has 1 atom stereocenters. The third-order valence-electron chi connectivity index (χ3n) is 3.99. The van der Waals surface area contributed by atoms with Crippen molar-refractivity contribution in [1.82, 2.24) is 0 Å². The summed E-state index contributed by atoms with van der Waals surface area (Å²) in [4.78, 5) is 0. The SMILES string of the molecule is COc1ccc(C(O)c2cccc3c2OCCC3)cc1C. The number of para-hydroxylation sites is 1. The molecule has 3 nitrogen and oxygen atoms in total. The molecule has 3 rings (SSSR count). The van der Waals surface area contributed by atoms with Crippen molar-refractivity contribution in [3.05, 3.63) is 58.7 Å². The van der Waals surface area contributed by atoms with E-state index in [0.29, 0.717) is 0 Å². The number of rotatable bonds is 3. The molecule has 0 fully saturated rings. The second-order valence-corrected chi connectivity index (χ2v) is 5.42. The molecule has 0 bridgehead atoms. The first-order valence-electron chi connectivity index (χ1n) is 7.28. The van der Waals surface area contributed by atoms with E-state index in [1.165, 1.54) is 5.56 Å². The molecule has 2 aromatic carbocycles. The van der Waals surface area contributed by atoms with Crippen molar-refractivity contribution in [2.45, 2.75) is 25.9 Å². The molecule has 0 saturated heterocycles. The van der Waals surface area contributed by atoms with Crippen LogP contribution in [0, 0.1) is 6.92 Å². The summed E-state index contributed by atoms with van der Waals surface area (Å²) >= 11 is 0. The first-order valence-corrected chi connectivity index (χ1v) is 7.28. The van der Waals surface area contributed by atoms with Crippen LogP contribution in [0.1, 0.15) is 34.8 Å². The fourth-order valence-corrected chi connectivity index (χ4v) is 2.88. The van der Waals surface area contributed by atoms with Crippen LogP contribution < -0.4 is 9.47 Å². The molecule has 1 unspecified atom stereocenters. The van der Waals surface area contributed by atoms with E-state index in [9.17, 15) is 5.11 Å². The fraction of sp³-hybridized carbons (Fsp3) is 0.333. The topological polar surface area (TPSA) is 38.7 Å². The molecule has 0 aliphatic carbocycles. The quantitative estimate of drug-likeness (QED) is 0.938. The third kappa shape index (κ3) is 2.61. The summed E-state index contributed by atoms with van der Waals surface area (Å²) in [5.74, 6) is 1.68. The van der Waals surface area contributed by atoms with Crippen LogP contribution in [0.2, 0.25) is 0 Å². The van der Waals surface area contributed by atoms with Gasteiger partial charge in [-0.1, -0.05) is 24.3 Å². The molecular formula is C18H20O3. The van der Waals surface area contributed by atoms with Gasteiger partial charge in [0.2, 0.25) is 0 Å². The van der Waals surface area contributed by atoms with E-state index >= 15 is 0 Å². The molecule has 0 saturated carbocycles.